The van der Waals surface area contributed by atoms with E-state index in [9.17, 15) is 13.2 Å². The van der Waals surface area contributed by atoms with Gasteiger partial charge in [0, 0.05) is 23.8 Å². The molecular formula is C13H22N2O3S2. The second kappa shape index (κ2) is 6.24. The lowest BCUT2D eigenvalue weighted by Gasteiger charge is -2.24. The van der Waals surface area contributed by atoms with Crippen LogP contribution in [0.15, 0.2) is 11.0 Å². The Balaban J connectivity index is 3.10. The highest BCUT2D eigenvalue weighted by Crippen LogP contribution is 2.25. The number of thiophene rings is 1. The number of carbonyl (C=O) groups excluding carboxylic acids is 1. The minimum Gasteiger partial charge on any atom is -0.347 e. The molecule has 0 spiro atoms. The van der Waals surface area contributed by atoms with Gasteiger partial charge < -0.3 is 4.90 Å². The highest BCUT2D eigenvalue weighted by atomic mass is 32.2. The molecule has 1 aromatic rings. The van der Waals surface area contributed by atoms with E-state index >= 15 is 0 Å². The van der Waals surface area contributed by atoms with Crippen molar-refractivity contribution < 1.29 is 13.2 Å². The first kappa shape index (κ1) is 17.1. The second-order valence-corrected chi connectivity index (χ2v) is 8.50. The Bertz CT molecular complexity index is 589. The van der Waals surface area contributed by atoms with Crippen molar-refractivity contribution in [2.75, 3.05) is 14.1 Å². The average molecular weight is 318 g/mol. The number of carbonyl (C=O) groups is 1. The molecule has 1 atom stereocenters. The highest BCUT2D eigenvalue weighted by Gasteiger charge is 2.30. The molecule has 5 nitrogen and oxygen atoms in total. The van der Waals surface area contributed by atoms with E-state index in [0.29, 0.717) is 0 Å². The summed E-state index contributed by atoms with van der Waals surface area (Å²) in [6.07, 6.45) is 0. The van der Waals surface area contributed by atoms with Crippen LogP contribution in [0.4, 0.5) is 0 Å². The van der Waals surface area contributed by atoms with E-state index in [4.69, 9.17) is 0 Å². The number of hydrogen-bond donors (Lipinski definition) is 1. The minimum absolute atomic E-state index is 0.125. The van der Waals surface area contributed by atoms with Gasteiger partial charge in [0.05, 0.1) is 4.90 Å². The van der Waals surface area contributed by atoms with E-state index in [2.05, 4.69) is 4.72 Å². The number of hydrogen-bond acceptors (Lipinski definition) is 4. The Morgan fingerprint density at radius 2 is 1.85 bits per heavy atom. The Labute approximate surface area is 125 Å². The van der Waals surface area contributed by atoms with Crippen molar-refractivity contribution in [1.82, 2.24) is 9.62 Å². The van der Waals surface area contributed by atoms with Crippen molar-refractivity contribution in [1.29, 1.82) is 0 Å². The van der Waals surface area contributed by atoms with Crippen LogP contribution >= 0.6 is 11.3 Å². The number of nitrogens with one attached hydrogen (secondary N) is 1. The number of rotatable bonds is 5. The predicted octanol–water partition coefficient (Wildman–Crippen LogP) is 1.76. The summed E-state index contributed by atoms with van der Waals surface area (Å²) in [4.78, 5) is 15.4. The molecule has 20 heavy (non-hydrogen) atoms. The van der Waals surface area contributed by atoms with E-state index in [0.717, 1.165) is 9.75 Å². The number of amides is 1. The molecule has 7 heteroatoms. The summed E-state index contributed by atoms with van der Waals surface area (Å²) >= 11 is 1.43. The number of nitrogens with zero attached hydrogens (tertiary/aromatic N) is 1. The summed E-state index contributed by atoms with van der Waals surface area (Å²) in [5.74, 6) is -0.368. The smallest absolute Gasteiger partial charge is 0.242 e. The molecule has 0 bridgehead atoms. The predicted molar refractivity (Wildman–Crippen MR) is 81.4 cm³/mol. The molecule has 1 heterocycles. The Morgan fingerprint density at radius 1 is 1.30 bits per heavy atom. The van der Waals surface area contributed by atoms with Crippen LogP contribution in [0.1, 0.15) is 23.6 Å². The quantitative estimate of drug-likeness (QED) is 0.899. The fourth-order valence-corrected chi connectivity index (χ4v) is 4.75. The third-order valence-corrected chi connectivity index (χ3v) is 5.60. The van der Waals surface area contributed by atoms with Gasteiger partial charge >= 0.3 is 0 Å². The van der Waals surface area contributed by atoms with Crippen LogP contribution in [0.25, 0.3) is 0 Å². The van der Waals surface area contributed by atoms with Gasteiger partial charge in [-0.1, -0.05) is 13.8 Å². The Morgan fingerprint density at radius 3 is 2.20 bits per heavy atom. The SMILES string of the molecule is Cc1cc(S(=O)(=O)N[C@H](C(=O)N(C)C)C(C)C)c(C)s1. The van der Waals surface area contributed by atoms with Gasteiger partial charge in [-0.15, -0.1) is 11.3 Å². The number of aryl methyl sites for hydroxylation is 2. The third kappa shape index (κ3) is 3.80. The zero-order valence-corrected chi connectivity index (χ0v) is 14.4. The molecule has 0 radical (unpaired) electrons. The first-order valence-corrected chi connectivity index (χ1v) is 8.66. The number of likely N-dealkylation sites (N-methyl/N-ethyl adjacent to an activating group) is 1. The van der Waals surface area contributed by atoms with Crippen molar-refractivity contribution >= 4 is 27.3 Å². The van der Waals surface area contributed by atoms with Crippen molar-refractivity contribution in [2.24, 2.45) is 5.92 Å². The minimum atomic E-state index is -3.68. The van der Waals surface area contributed by atoms with Crippen LogP contribution in [0.5, 0.6) is 0 Å². The fraction of sp³-hybridized carbons (Fsp3) is 0.615. The van der Waals surface area contributed by atoms with E-state index < -0.39 is 16.1 Å². The molecule has 0 aliphatic carbocycles. The topological polar surface area (TPSA) is 66.5 Å². The number of sulfonamides is 1. The monoisotopic (exact) mass is 318 g/mol. The van der Waals surface area contributed by atoms with Gasteiger partial charge in [0.1, 0.15) is 6.04 Å². The van der Waals surface area contributed by atoms with E-state index in [1.54, 1.807) is 27.1 Å². The Hall–Kier alpha value is -0.920. The molecule has 0 unspecified atom stereocenters. The molecule has 0 saturated heterocycles. The van der Waals surface area contributed by atoms with Crippen LogP contribution in [0, 0.1) is 19.8 Å². The molecule has 0 aromatic carbocycles. The van der Waals surface area contributed by atoms with E-state index in [-0.39, 0.29) is 16.7 Å². The molecule has 1 amide bonds. The standard InChI is InChI=1S/C13H22N2O3S2/c1-8(2)12(13(16)15(5)6)14-20(17,18)11-7-9(3)19-10(11)4/h7-8,12,14H,1-6H3/t12-/m0/s1. The lowest BCUT2D eigenvalue weighted by atomic mass is 10.0. The summed E-state index contributed by atoms with van der Waals surface area (Å²) in [7, 11) is -0.446. The summed E-state index contributed by atoms with van der Waals surface area (Å²) in [6.45, 7) is 7.27. The van der Waals surface area contributed by atoms with Crippen LogP contribution in [-0.2, 0) is 14.8 Å². The van der Waals surface area contributed by atoms with Gasteiger partial charge in [-0.05, 0) is 25.8 Å². The first-order valence-electron chi connectivity index (χ1n) is 6.36. The average Bonchev–Trinajstić information content (AvgIpc) is 2.65. The largest absolute Gasteiger partial charge is 0.347 e. The lowest BCUT2D eigenvalue weighted by Crippen LogP contribution is -2.49. The maximum atomic E-state index is 12.4. The zero-order chi connectivity index (χ0) is 15.7. The Kier molecular flexibility index (Phi) is 5.34. The third-order valence-electron chi connectivity index (χ3n) is 2.94. The second-order valence-electron chi connectivity index (χ2n) is 5.35. The zero-order valence-electron chi connectivity index (χ0n) is 12.7. The molecule has 1 aromatic heterocycles. The fourth-order valence-electron chi connectivity index (χ4n) is 1.85. The van der Waals surface area contributed by atoms with Crippen molar-refractivity contribution in [2.45, 2.75) is 38.6 Å². The van der Waals surface area contributed by atoms with E-state index in [1.165, 1.54) is 16.2 Å². The molecule has 0 saturated carbocycles. The molecule has 1 N–H and O–H groups in total. The molecule has 114 valence electrons. The van der Waals surface area contributed by atoms with Crippen LogP contribution in [-0.4, -0.2) is 39.4 Å². The maximum absolute atomic E-state index is 12.4. The van der Waals surface area contributed by atoms with Gasteiger partial charge in [-0.2, -0.15) is 4.72 Å². The summed E-state index contributed by atoms with van der Waals surface area (Å²) < 4.78 is 27.4. The van der Waals surface area contributed by atoms with Gasteiger partial charge in [0.15, 0.2) is 0 Å². The van der Waals surface area contributed by atoms with Gasteiger partial charge in [0.2, 0.25) is 15.9 Å². The molecule has 0 aliphatic heterocycles. The van der Waals surface area contributed by atoms with Gasteiger partial charge in [-0.25, -0.2) is 8.42 Å². The maximum Gasteiger partial charge on any atom is 0.242 e. The normalized spacial score (nSPS) is 13.6. The highest BCUT2D eigenvalue weighted by molar-refractivity contribution is 7.89. The molecule has 1 rings (SSSR count). The molecule has 0 fully saturated rings. The van der Waals surface area contributed by atoms with Crippen LogP contribution in [0.3, 0.4) is 0 Å². The molecule has 0 aliphatic rings. The lowest BCUT2D eigenvalue weighted by molar-refractivity contribution is -0.131. The van der Waals surface area contributed by atoms with Crippen molar-refractivity contribution in [3.05, 3.63) is 15.8 Å². The van der Waals surface area contributed by atoms with Crippen molar-refractivity contribution in [3.8, 4) is 0 Å². The van der Waals surface area contributed by atoms with Crippen LogP contribution < -0.4 is 4.72 Å². The van der Waals surface area contributed by atoms with Gasteiger partial charge in [-0.3, -0.25) is 4.79 Å². The molecular weight excluding hydrogens is 296 g/mol. The van der Waals surface area contributed by atoms with Gasteiger partial charge in [0.25, 0.3) is 0 Å². The van der Waals surface area contributed by atoms with Crippen LogP contribution in [0.2, 0.25) is 0 Å². The van der Waals surface area contributed by atoms with E-state index in [1.807, 2.05) is 20.8 Å². The van der Waals surface area contributed by atoms with Crippen molar-refractivity contribution in [3.63, 3.8) is 0 Å². The first-order chi connectivity index (χ1) is 9.06. The summed E-state index contributed by atoms with van der Waals surface area (Å²) in [5.41, 5.74) is 0. The summed E-state index contributed by atoms with van der Waals surface area (Å²) in [5, 5.41) is 0. The summed E-state index contributed by atoms with van der Waals surface area (Å²) in [6, 6.07) is 0.884.